The van der Waals surface area contributed by atoms with Crippen molar-refractivity contribution in [2.75, 3.05) is 13.7 Å². The SMILES string of the molecule is CCCCOC(=O)Cc1ccc(OC)c(S(N)(=O)=O)c1. The highest BCUT2D eigenvalue weighted by Gasteiger charge is 2.16. The Kier molecular flexibility index (Phi) is 5.97. The molecule has 0 aromatic heterocycles. The molecule has 0 radical (unpaired) electrons. The molecule has 1 rings (SSSR count). The second-order valence-corrected chi connectivity index (χ2v) is 5.81. The summed E-state index contributed by atoms with van der Waals surface area (Å²) >= 11 is 0. The zero-order valence-electron chi connectivity index (χ0n) is 11.6. The third-order valence-corrected chi connectivity index (χ3v) is 3.58. The number of carbonyl (C=O) groups excluding carboxylic acids is 1. The van der Waals surface area contributed by atoms with E-state index in [9.17, 15) is 13.2 Å². The first kappa shape index (κ1) is 16.5. The van der Waals surface area contributed by atoms with E-state index < -0.39 is 16.0 Å². The van der Waals surface area contributed by atoms with E-state index in [-0.39, 0.29) is 17.1 Å². The minimum absolute atomic E-state index is 0.00374. The van der Waals surface area contributed by atoms with Crippen LogP contribution in [0.4, 0.5) is 0 Å². The summed E-state index contributed by atoms with van der Waals surface area (Å²) in [4.78, 5) is 11.4. The molecular weight excluding hydrogens is 282 g/mol. The van der Waals surface area contributed by atoms with Gasteiger partial charge in [-0.1, -0.05) is 19.4 Å². The summed E-state index contributed by atoms with van der Waals surface area (Å²) in [6.07, 6.45) is 1.73. The van der Waals surface area contributed by atoms with Crippen molar-refractivity contribution < 1.29 is 22.7 Å². The van der Waals surface area contributed by atoms with Crippen molar-refractivity contribution in [3.05, 3.63) is 23.8 Å². The van der Waals surface area contributed by atoms with Gasteiger partial charge in [-0.15, -0.1) is 0 Å². The topological polar surface area (TPSA) is 95.7 Å². The van der Waals surface area contributed by atoms with Crippen LogP contribution in [0.2, 0.25) is 0 Å². The first-order chi connectivity index (χ1) is 9.38. The fourth-order valence-electron chi connectivity index (χ4n) is 1.60. The Balaban J connectivity index is 2.85. The summed E-state index contributed by atoms with van der Waals surface area (Å²) in [5.41, 5.74) is 0.510. The molecule has 0 amide bonds. The molecule has 0 spiro atoms. The lowest BCUT2D eigenvalue weighted by molar-refractivity contribution is -0.142. The van der Waals surface area contributed by atoms with Gasteiger partial charge in [-0.05, 0) is 24.1 Å². The lowest BCUT2D eigenvalue weighted by Gasteiger charge is -2.09. The van der Waals surface area contributed by atoms with Crippen molar-refractivity contribution in [2.24, 2.45) is 5.14 Å². The van der Waals surface area contributed by atoms with Gasteiger partial charge in [0.15, 0.2) is 0 Å². The van der Waals surface area contributed by atoms with E-state index in [2.05, 4.69) is 0 Å². The molecule has 0 saturated carbocycles. The van der Waals surface area contributed by atoms with Crippen molar-refractivity contribution >= 4 is 16.0 Å². The summed E-state index contributed by atoms with van der Waals surface area (Å²) in [7, 11) is -2.55. The number of primary sulfonamides is 1. The monoisotopic (exact) mass is 301 g/mol. The molecule has 0 unspecified atom stereocenters. The molecule has 0 fully saturated rings. The molecule has 0 bridgehead atoms. The zero-order valence-corrected chi connectivity index (χ0v) is 12.4. The van der Waals surface area contributed by atoms with Gasteiger partial charge < -0.3 is 9.47 Å². The number of benzene rings is 1. The van der Waals surface area contributed by atoms with Crippen molar-refractivity contribution in [3.8, 4) is 5.75 Å². The quantitative estimate of drug-likeness (QED) is 0.603. The lowest BCUT2D eigenvalue weighted by atomic mass is 10.1. The molecular formula is C13H19NO5S. The van der Waals surface area contributed by atoms with E-state index >= 15 is 0 Å². The number of rotatable bonds is 7. The van der Waals surface area contributed by atoms with Gasteiger partial charge in [-0.2, -0.15) is 0 Å². The number of methoxy groups -OCH3 is 1. The third-order valence-electron chi connectivity index (χ3n) is 2.64. The molecule has 0 saturated heterocycles. The summed E-state index contributed by atoms with van der Waals surface area (Å²) in [5, 5.41) is 5.11. The normalized spacial score (nSPS) is 11.2. The summed E-state index contributed by atoms with van der Waals surface area (Å²) in [6.45, 7) is 2.36. The van der Waals surface area contributed by atoms with Gasteiger partial charge in [-0.25, -0.2) is 13.6 Å². The molecule has 0 heterocycles. The van der Waals surface area contributed by atoms with Gasteiger partial charge in [0.25, 0.3) is 0 Å². The van der Waals surface area contributed by atoms with E-state index in [1.54, 1.807) is 6.07 Å². The van der Waals surface area contributed by atoms with E-state index in [1.165, 1.54) is 19.2 Å². The zero-order chi connectivity index (χ0) is 15.2. The minimum Gasteiger partial charge on any atom is -0.495 e. The third kappa shape index (κ3) is 4.82. The van der Waals surface area contributed by atoms with Gasteiger partial charge in [-0.3, -0.25) is 4.79 Å². The van der Waals surface area contributed by atoms with Crippen LogP contribution < -0.4 is 9.88 Å². The van der Waals surface area contributed by atoms with Crippen molar-refractivity contribution in [1.82, 2.24) is 0 Å². The molecule has 20 heavy (non-hydrogen) atoms. The number of sulfonamides is 1. The standard InChI is InChI=1S/C13H19NO5S/c1-3-4-7-19-13(15)9-10-5-6-11(18-2)12(8-10)20(14,16)17/h5-6,8H,3-4,7,9H2,1-2H3,(H2,14,16,17). The predicted octanol–water partition coefficient (Wildman–Crippen LogP) is 1.23. The van der Waals surface area contributed by atoms with Crippen LogP contribution in [-0.4, -0.2) is 28.1 Å². The van der Waals surface area contributed by atoms with Crippen LogP contribution in [0.15, 0.2) is 23.1 Å². The maximum atomic E-state index is 11.6. The highest BCUT2D eigenvalue weighted by molar-refractivity contribution is 7.89. The van der Waals surface area contributed by atoms with Crippen LogP contribution in [0.3, 0.4) is 0 Å². The fraction of sp³-hybridized carbons (Fsp3) is 0.462. The Morgan fingerprint density at radius 2 is 2.05 bits per heavy atom. The smallest absolute Gasteiger partial charge is 0.310 e. The first-order valence-electron chi connectivity index (χ1n) is 6.23. The van der Waals surface area contributed by atoms with Gasteiger partial charge >= 0.3 is 5.97 Å². The summed E-state index contributed by atoms with van der Waals surface area (Å²) < 4.78 is 32.8. The number of ether oxygens (including phenoxy) is 2. The molecule has 0 aliphatic rings. The van der Waals surface area contributed by atoms with Crippen LogP contribution in [0.25, 0.3) is 0 Å². The second kappa shape index (κ2) is 7.25. The van der Waals surface area contributed by atoms with E-state index in [4.69, 9.17) is 14.6 Å². The summed E-state index contributed by atoms with van der Waals surface area (Å²) in [5.74, 6) is -0.250. The average Bonchev–Trinajstić information content (AvgIpc) is 2.38. The van der Waals surface area contributed by atoms with Crippen molar-refractivity contribution in [2.45, 2.75) is 31.1 Å². The predicted molar refractivity (Wildman–Crippen MR) is 73.9 cm³/mol. The maximum Gasteiger partial charge on any atom is 0.310 e. The Labute approximate surface area is 118 Å². The highest BCUT2D eigenvalue weighted by Crippen LogP contribution is 2.24. The minimum atomic E-state index is -3.90. The molecule has 0 atom stereocenters. The molecule has 6 nitrogen and oxygen atoms in total. The summed E-state index contributed by atoms with van der Waals surface area (Å²) in [6, 6.07) is 4.40. The Morgan fingerprint density at radius 1 is 1.35 bits per heavy atom. The number of carbonyl (C=O) groups is 1. The van der Waals surface area contributed by atoms with E-state index in [1.807, 2.05) is 6.92 Å². The lowest BCUT2D eigenvalue weighted by Crippen LogP contribution is -2.15. The Hall–Kier alpha value is -1.60. The highest BCUT2D eigenvalue weighted by atomic mass is 32.2. The van der Waals surface area contributed by atoms with Crippen LogP contribution in [-0.2, 0) is 26.0 Å². The number of unbranched alkanes of at least 4 members (excludes halogenated alkanes) is 1. The van der Waals surface area contributed by atoms with Gasteiger partial charge in [0.1, 0.15) is 10.6 Å². The Morgan fingerprint density at radius 3 is 2.60 bits per heavy atom. The average molecular weight is 301 g/mol. The fourth-order valence-corrected chi connectivity index (χ4v) is 2.35. The number of hydrogen-bond donors (Lipinski definition) is 1. The molecule has 1 aromatic carbocycles. The first-order valence-corrected chi connectivity index (χ1v) is 7.78. The maximum absolute atomic E-state index is 11.6. The molecule has 112 valence electrons. The van der Waals surface area contributed by atoms with Gasteiger partial charge in [0.2, 0.25) is 10.0 Å². The largest absolute Gasteiger partial charge is 0.495 e. The van der Waals surface area contributed by atoms with Gasteiger partial charge in [0, 0.05) is 0 Å². The van der Waals surface area contributed by atoms with E-state index in [0.29, 0.717) is 12.2 Å². The molecule has 0 aliphatic heterocycles. The number of esters is 1. The molecule has 1 aromatic rings. The molecule has 0 aliphatic carbocycles. The number of nitrogens with two attached hydrogens (primary N) is 1. The van der Waals surface area contributed by atoms with Crippen LogP contribution in [0, 0.1) is 0 Å². The second-order valence-electron chi connectivity index (χ2n) is 4.28. The molecule has 7 heteroatoms. The van der Waals surface area contributed by atoms with Gasteiger partial charge in [0.05, 0.1) is 20.1 Å². The van der Waals surface area contributed by atoms with Crippen LogP contribution in [0.1, 0.15) is 25.3 Å². The number of hydrogen-bond acceptors (Lipinski definition) is 5. The van der Waals surface area contributed by atoms with Crippen molar-refractivity contribution in [1.29, 1.82) is 0 Å². The van der Waals surface area contributed by atoms with Crippen molar-refractivity contribution in [3.63, 3.8) is 0 Å². The van der Waals surface area contributed by atoms with Crippen LogP contribution in [0.5, 0.6) is 5.75 Å². The Bertz CT molecular complexity index is 568. The molecule has 2 N–H and O–H groups in total. The van der Waals surface area contributed by atoms with Crippen LogP contribution >= 0.6 is 0 Å². The van der Waals surface area contributed by atoms with E-state index in [0.717, 1.165) is 12.8 Å².